The summed E-state index contributed by atoms with van der Waals surface area (Å²) in [6, 6.07) is 0. The molecule has 18 heavy (non-hydrogen) atoms. The van der Waals surface area contributed by atoms with Gasteiger partial charge in [0.2, 0.25) is 5.91 Å². The Labute approximate surface area is 110 Å². The summed E-state index contributed by atoms with van der Waals surface area (Å²) in [5.41, 5.74) is 4.90. The highest BCUT2D eigenvalue weighted by Crippen LogP contribution is 2.41. The standard InChI is InChI=1S/C14H26N2O2/c1-3-14(18)9-16(10-14)12(17)13(8-15)6-4-11(2)5-7-13/h11,18H,3-10,15H2,1-2H3. The van der Waals surface area contributed by atoms with Gasteiger partial charge in [-0.2, -0.15) is 0 Å². The molecule has 0 atom stereocenters. The van der Waals surface area contributed by atoms with Crippen LogP contribution in [0.3, 0.4) is 0 Å². The van der Waals surface area contributed by atoms with Gasteiger partial charge in [0.1, 0.15) is 0 Å². The van der Waals surface area contributed by atoms with E-state index in [1.165, 1.54) is 0 Å². The zero-order valence-electron chi connectivity index (χ0n) is 11.6. The lowest BCUT2D eigenvalue weighted by atomic mass is 9.69. The van der Waals surface area contributed by atoms with Crippen LogP contribution in [0.5, 0.6) is 0 Å². The molecule has 2 aliphatic rings. The lowest BCUT2D eigenvalue weighted by Crippen LogP contribution is -2.66. The summed E-state index contributed by atoms with van der Waals surface area (Å²) in [5, 5.41) is 10.0. The molecule has 1 amide bonds. The fourth-order valence-corrected chi connectivity index (χ4v) is 3.19. The largest absolute Gasteiger partial charge is 0.386 e. The molecular weight excluding hydrogens is 228 g/mol. The molecule has 2 rings (SSSR count). The van der Waals surface area contributed by atoms with E-state index in [0.717, 1.165) is 25.7 Å². The number of nitrogens with two attached hydrogens (primary N) is 1. The Kier molecular flexibility index (Phi) is 3.70. The Balaban J connectivity index is 1.99. The Morgan fingerprint density at radius 1 is 1.39 bits per heavy atom. The van der Waals surface area contributed by atoms with Gasteiger partial charge < -0.3 is 15.7 Å². The third-order valence-electron chi connectivity index (χ3n) is 4.99. The van der Waals surface area contributed by atoms with Crippen LogP contribution in [0.25, 0.3) is 0 Å². The summed E-state index contributed by atoms with van der Waals surface area (Å²) in [6.45, 7) is 5.62. The van der Waals surface area contributed by atoms with Gasteiger partial charge in [-0.25, -0.2) is 0 Å². The van der Waals surface area contributed by atoms with Crippen molar-refractivity contribution in [1.29, 1.82) is 0 Å². The first-order valence-corrected chi connectivity index (χ1v) is 7.16. The van der Waals surface area contributed by atoms with Gasteiger partial charge in [0.25, 0.3) is 0 Å². The number of likely N-dealkylation sites (tertiary alicyclic amines) is 1. The lowest BCUT2D eigenvalue weighted by Gasteiger charge is -2.50. The molecule has 0 radical (unpaired) electrons. The Hall–Kier alpha value is -0.610. The second-order valence-corrected chi connectivity index (χ2v) is 6.41. The maximum atomic E-state index is 12.6. The number of hydrogen-bond donors (Lipinski definition) is 2. The number of carbonyl (C=O) groups is 1. The van der Waals surface area contributed by atoms with Crippen LogP contribution in [0.15, 0.2) is 0 Å². The average Bonchev–Trinajstić information content (AvgIpc) is 2.35. The predicted molar refractivity (Wildman–Crippen MR) is 70.9 cm³/mol. The predicted octanol–water partition coefficient (Wildman–Crippen LogP) is 1.12. The molecule has 2 fully saturated rings. The van der Waals surface area contributed by atoms with Crippen molar-refractivity contribution in [1.82, 2.24) is 4.90 Å². The zero-order chi connectivity index (χ0) is 13.4. The third-order valence-corrected chi connectivity index (χ3v) is 4.99. The molecular formula is C14H26N2O2. The maximum absolute atomic E-state index is 12.6. The molecule has 0 unspecified atom stereocenters. The Bertz CT molecular complexity index is 316. The van der Waals surface area contributed by atoms with E-state index in [9.17, 15) is 9.90 Å². The molecule has 104 valence electrons. The minimum Gasteiger partial charge on any atom is -0.386 e. The van der Waals surface area contributed by atoms with Crippen molar-refractivity contribution in [3.8, 4) is 0 Å². The summed E-state index contributed by atoms with van der Waals surface area (Å²) in [5.74, 6) is 0.886. The van der Waals surface area contributed by atoms with E-state index < -0.39 is 5.60 Å². The second kappa shape index (κ2) is 4.82. The molecule has 0 aromatic heterocycles. The number of aliphatic hydroxyl groups is 1. The van der Waals surface area contributed by atoms with Crippen molar-refractivity contribution in [2.45, 2.75) is 51.6 Å². The van der Waals surface area contributed by atoms with E-state index in [0.29, 0.717) is 32.0 Å². The van der Waals surface area contributed by atoms with Crippen molar-refractivity contribution in [2.24, 2.45) is 17.1 Å². The monoisotopic (exact) mass is 254 g/mol. The number of rotatable bonds is 3. The van der Waals surface area contributed by atoms with E-state index in [1.807, 2.05) is 6.92 Å². The van der Waals surface area contributed by atoms with Crippen molar-refractivity contribution < 1.29 is 9.90 Å². The van der Waals surface area contributed by atoms with Gasteiger partial charge in [-0.1, -0.05) is 13.8 Å². The van der Waals surface area contributed by atoms with E-state index in [4.69, 9.17) is 5.73 Å². The van der Waals surface area contributed by atoms with Crippen molar-refractivity contribution in [3.05, 3.63) is 0 Å². The molecule has 1 saturated heterocycles. The first-order chi connectivity index (χ1) is 8.45. The molecule has 0 aromatic rings. The first kappa shape index (κ1) is 13.8. The van der Waals surface area contributed by atoms with Crippen LogP contribution in [0.4, 0.5) is 0 Å². The molecule has 1 aliphatic carbocycles. The van der Waals surface area contributed by atoms with Gasteiger partial charge in [-0.15, -0.1) is 0 Å². The fourth-order valence-electron chi connectivity index (χ4n) is 3.19. The van der Waals surface area contributed by atoms with Crippen molar-refractivity contribution >= 4 is 5.91 Å². The SMILES string of the molecule is CCC1(O)CN(C(=O)C2(CN)CCC(C)CC2)C1. The summed E-state index contributed by atoms with van der Waals surface area (Å²) in [4.78, 5) is 14.4. The molecule has 1 aliphatic heterocycles. The molecule has 4 nitrogen and oxygen atoms in total. The molecule has 0 bridgehead atoms. The summed E-state index contributed by atoms with van der Waals surface area (Å²) in [6.07, 6.45) is 4.71. The number of nitrogens with zero attached hydrogens (tertiary/aromatic N) is 1. The molecule has 3 N–H and O–H groups in total. The van der Waals surface area contributed by atoms with Gasteiger partial charge in [0, 0.05) is 6.54 Å². The normalized spacial score (nSPS) is 35.1. The van der Waals surface area contributed by atoms with E-state index in [1.54, 1.807) is 4.90 Å². The zero-order valence-corrected chi connectivity index (χ0v) is 11.6. The van der Waals surface area contributed by atoms with Crippen LogP contribution in [0.1, 0.15) is 46.0 Å². The number of amides is 1. The van der Waals surface area contributed by atoms with Crippen LogP contribution >= 0.6 is 0 Å². The maximum Gasteiger partial charge on any atom is 0.230 e. The van der Waals surface area contributed by atoms with Crippen LogP contribution < -0.4 is 5.73 Å². The topological polar surface area (TPSA) is 66.6 Å². The van der Waals surface area contributed by atoms with Gasteiger partial charge >= 0.3 is 0 Å². The first-order valence-electron chi connectivity index (χ1n) is 7.16. The number of hydrogen-bond acceptors (Lipinski definition) is 3. The quantitative estimate of drug-likeness (QED) is 0.793. The van der Waals surface area contributed by atoms with Crippen molar-refractivity contribution in [3.63, 3.8) is 0 Å². The van der Waals surface area contributed by atoms with E-state index in [-0.39, 0.29) is 11.3 Å². The molecule has 0 spiro atoms. The average molecular weight is 254 g/mol. The smallest absolute Gasteiger partial charge is 0.230 e. The van der Waals surface area contributed by atoms with Gasteiger partial charge in [-0.3, -0.25) is 4.79 Å². The van der Waals surface area contributed by atoms with E-state index in [2.05, 4.69) is 6.92 Å². The highest BCUT2D eigenvalue weighted by Gasteiger charge is 2.49. The fraction of sp³-hybridized carbons (Fsp3) is 0.929. The second-order valence-electron chi connectivity index (χ2n) is 6.41. The van der Waals surface area contributed by atoms with Gasteiger partial charge in [0.15, 0.2) is 0 Å². The lowest BCUT2D eigenvalue weighted by molar-refractivity contribution is -0.168. The van der Waals surface area contributed by atoms with Crippen LogP contribution in [-0.4, -0.2) is 41.1 Å². The van der Waals surface area contributed by atoms with Crippen LogP contribution in [0.2, 0.25) is 0 Å². The molecule has 0 aromatic carbocycles. The van der Waals surface area contributed by atoms with Gasteiger partial charge in [0.05, 0.1) is 24.1 Å². The summed E-state index contributed by atoms with van der Waals surface area (Å²) >= 11 is 0. The molecule has 1 saturated carbocycles. The molecule has 1 heterocycles. The molecule has 4 heteroatoms. The number of β-amino-alcohol motifs (C(OH)–C–C–N with tert-alkyl or cyclic N) is 1. The minimum absolute atomic E-state index is 0.176. The van der Waals surface area contributed by atoms with Crippen molar-refractivity contribution in [2.75, 3.05) is 19.6 Å². The minimum atomic E-state index is -0.645. The number of carbonyl (C=O) groups excluding carboxylic acids is 1. The Morgan fingerprint density at radius 3 is 2.39 bits per heavy atom. The van der Waals surface area contributed by atoms with Crippen LogP contribution in [0, 0.1) is 11.3 Å². The highest BCUT2D eigenvalue weighted by atomic mass is 16.3. The highest BCUT2D eigenvalue weighted by molar-refractivity contribution is 5.84. The Morgan fingerprint density at radius 2 is 1.94 bits per heavy atom. The summed E-state index contributed by atoms with van der Waals surface area (Å²) < 4.78 is 0. The summed E-state index contributed by atoms with van der Waals surface area (Å²) in [7, 11) is 0. The van der Waals surface area contributed by atoms with Gasteiger partial charge in [-0.05, 0) is 38.0 Å². The van der Waals surface area contributed by atoms with E-state index >= 15 is 0 Å². The van der Waals surface area contributed by atoms with Crippen LogP contribution in [-0.2, 0) is 4.79 Å². The third kappa shape index (κ3) is 2.28.